The van der Waals surface area contributed by atoms with Gasteiger partial charge in [0.1, 0.15) is 0 Å². The predicted octanol–water partition coefficient (Wildman–Crippen LogP) is -0.555. The lowest BCUT2D eigenvalue weighted by Crippen LogP contribution is -3.61. The van der Waals surface area contributed by atoms with E-state index in [1.54, 1.807) is 0 Å². The number of benzene rings is 6. The molecule has 3 heteroatoms. The van der Waals surface area contributed by atoms with E-state index in [0.29, 0.717) is 0 Å². The minimum Gasteiger partial charge on any atom is -0.0619 e. The Hall–Kier alpha value is -2.49. The van der Waals surface area contributed by atoms with Crippen molar-refractivity contribution in [3.8, 4) is 0 Å². The molecule has 6 rings (SSSR count). The molecule has 0 radical (unpaired) electrons. The maximum atomic E-state index is 2.21. The molecule has 6 aromatic carbocycles. The van der Waals surface area contributed by atoms with E-state index in [0.717, 1.165) is 0 Å². The van der Waals surface area contributed by atoms with Crippen LogP contribution in [-0.4, -0.2) is 0 Å². The summed E-state index contributed by atoms with van der Waals surface area (Å²) in [5.74, 6) is 0. The molecule has 0 N–H and O–H groups in total. The number of hydrogen-bond acceptors (Lipinski definition) is 0. The first-order valence-electron chi connectivity index (χ1n) is 12.6. The van der Waals surface area contributed by atoms with E-state index in [2.05, 4.69) is 182 Å². The van der Waals surface area contributed by atoms with Crippen LogP contribution in [0.4, 0.5) is 0 Å². The summed E-state index contributed by atoms with van der Waals surface area (Å²) >= 11 is 0.0861. The molecule has 0 aliphatic carbocycles. The molecule has 0 heterocycles. The van der Waals surface area contributed by atoms with E-state index in [4.69, 9.17) is 0 Å². The Labute approximate surface area is 264 Å². The molecule has 0 aromatic heterocycles. The van der Waals surface area contributed by atoms with Gasteiger partial charge in [0.25, 0.3) is 0 Å². The summed E-state index contributed by atoms with van der Waals surface area (Å²) in [5, 5.41) is 0. The lowest BCUT2D eigenvalue weighted by Gasteiger charge is -1.84. The Bertz CT molecular complexity index is 1130. The molecule has 0 atom stereocenters. The van der Waals surface area contributed by atoms with E-state index in [1.165, 1.54) is 21.4 Å². The van der Waals surface area contributed by atoms with Crippen LogP contribution in [0, 0.1) is 21.4 Å². The van der Waals surface area contributed by atoms with Gasteiger partial charge in [-0.15, -0.1) is 0 Å². The third-order valence-electron chi connectivity index (χ3n) is 5.05. The molecule has 0 saturated heterocycles. The van der Waals surface area contributed by atoms with Crippen molar-refractivity contribution in [2.24, 2.45) is 0 Å². The maximum Gasteiger partial charge on any atom is 0.357 e. The second-order valence-corrected chi connectivity index (χ2v) is 17.1. The van der Waals surface area contributed by atoms with Crippen molar-refractivity contribution in [3.63, 3.8) is 0 Å². The molecule has 0 bridgehead atoms. The van der Waals surface area contributed by atoms with Gasteiger partial charge in [0.05, 0.1) is 0 Å². The molecule has 0 unspecified atom stereocenters. The van der Waals surface area contributed by atoms with E-state index in [1.807, 2.05) is 0 Å². The van der Waals surface area contributed by atoms with Crippen LogP contribution in [0.2, 0.25) is 0 Å². The van der Waals surface area contributed by atoms with Crippen LogP contribution in [0.3, 0.4) is 0 Å². The minimum absolute atomic E-state index is 0.0287. The Balaban J connectivity index is 0.000000136. The van der Waals surface area contributed by atoms with Crippen molar-refractivity contribution in [2.45, 2.75) is 0 Å². The summed E-state index contributed by atoms with van der Waals surface area (Å²) in [5.41, 5.74) is 0. The zero-order valence-electron chi connectivity index (χ0n) is 21.5. The van der Waals surface area contributed by atoms with Gasteiger partial charge in [-0.05, 0) is 72.8 Å². The van der Waals surface area contributed by atoms with Gasteiger partial charge in [-0.3, -0.25) is 0 Å². The summed E-state index contributed by atoms with van der Waals surface area (Å²) in [4.78, 5) is 0. The molecule has 0 saturated carbocycles. The normalized spacial score (nSPS) is 9.85. The van der Waals surface area contributed by atoms with Gasteiger partial charge < -0.3 is 0 Å². The van der Waals surface area contributed by atoms with Crippen LogP contribution in [0.5, 0.6) is 0 Å². The zero-order chi connectivity index (χ0) is 26.8. The third-order valence-corrected chi connectivity index (χ3v) is 13.1. The topological polar surface area (TPSA) is 0 Å². The zero-order valence-corrected chi connectivity index (χ0v) is 27.9. The molecule has 0 nitrogen and oxygen atoms in total. The summed E-state index contributed by atoms with van der Waals surface area (Å²) in [6.45, 7) is 0. The first-order chi connectivity index (χ1) is 19.3. The largest absolute Gasteiger partial charge is 0.357 e. The molecule has 6 aromatic rings. The highest BCUT2D eigenvalue weighted by molar-refractivity contribution is 5.05. The standard InChI is InChI=1S/3C12H10I/c3*1-3-7-11(8-4-1)13-12-9-5-2-6-10-12/h3*1-10H/q3*+1. The summed E-state index contributed by atoms with van der Waals surface area (Å²) < 4.78 is 8.88. The Morgan fingerprint density at radius 3 is 0.436 bits per heavy atom. The number of hydrogen-bond donors (Lipinski definition) is 0. The monoisotopic (exact) mass is 843 g/mol. The van der Waals surface area contributed by atoms with Gasteiger partial charge in [-0.1, -0.05) is 109 Å². The quantitative estimate of drug-likeness (QED) is 0.198. The van der Waals surface area contributed by atoms with Crippen molar-refractivity contribution in [1.82, 2.24) is 0 Å². The van der Waals surface area contributed by atoms with Gasteiger partial charge in [-0.25, -0.2) is 0 Å². The molecule has 192 valence electrons. The molecule has 39 heavy (non-hydrogen) atoms. The van der Waals surface area contributed by atoms with Gasteiger partial charge in [0.15, 0.2) is 21.4 Å². The third kappa shape index (κ3) is 12.1. The molecule has 0 spiro atoms. The summed E-state index contributed by atoms with van der Waals surface area (Å²) in [7, 11) is 0. The fourth-order valence-corrected chi connectivity index (χ4v) is 10.1. The van der Waals surface area contributed by atoms with E-state index >= 15 is 0 Å². The van der Waals surface area contributed by atoms with Crippen LogP contribution in [0.1, 0.15) is 0 Å². The lowest BCUT2D eigenvalue weighted by atomic mass is 10.4. The minimum atomic E-state index is 0.0287. The first-order valence-corrected chi connectivity index (χ1v) is 19.1. The highest BCUT2D eigenvalue weighted by Crippen LogP contribution is 1.88. The van der Waals surface area contributed by atoms with Gasteiger partial charge in [-0.2, -0.15) is 0 Å². The second-order valence-electron chi connectivity index (χ2n) is 8.06. The van der Waals surface area contributed by atoms with Crippen LogP contribution in [0.15, 0.2) is 182 Å². The molecular formula is C36H30I3+3. The Morgan fingerprint density at radius 1 is 0.179 bits per heavy atom. The van der Waals surface area contributed by atoms with Crippen molar-refractivity contribution in [3.05, 3.63) is 203 Å². The van der Waals surface area contributed by atoms with Gasteiger partial charge in [0, 0.05) is 0 Å². The number of rotatable bonds is 6. The van der Waals surface area contributed by atoms with Crippen LogP contribution in [0.25, 0.3) is 0 Å². The van der Waals surface area contributed by atoms with Crippen molar-refractivity contribution in [1.29, 1.82) is 0 Å². The fraction of sp³-hybridized carbons (Fsp3) is 0. The van der Waals surface area contributed by atoms with Crippen molar-refractivity contribution >= 4 is 0 Å². The van der Waals surface area contributed by atoms with Gasteiger partial charge >= 0.3 is 63.6 Å². The van der Waals surface area contributed by atoms with Crippen LogP contribution >= 0.6 is 0 Å². The Morgan fingerprint density at radius 2 is 0.308 bits per heavy atom. The summed E-state index contributed by atoms with van der Waals surface area (Å²) in [6, 6.07) is 64.2. The van der Waals surface area contributed by atoms with E-state index < -0.39 is 0 Å². The molecule has 0 fully saturated rings. The maximum absolute atomic E-state index is 2.21. The van der Waals surface area contributed by atoms with Crippen LogP contribution < -0.4 is 63.6 Å². The average molecular weight is 843 g/mol. The second kappa shape index (κ2) is 18.0. The predicted molar refractivity (Wildman–Crippen MR) is 151 cm³/mol. The molecule has 0 aliphatic heterocycles. The summed E-state index contributed by atoms with van der Waals surface area (Å²) in [6.07, 6.45) is 0. The molecule has 0 aliphatic rings. The first kappa shape index (κ1) is 29.5. The number of halogens is 3. The highest BCUT2D eigenvalue weighted by atomic mass is 127. The van der Waals surface area contributed by atoms with E-state index in [9.17, 15) is 0 Å². The van der Waals surface area contributed by atoms with E-state index in [-0.39, 0.29) is 63.6 Å². The molecule has 0 amide bonds. The average Bonchev–Trinajstić information content (AvgIpc) is 3.01. The lowest BCUT2D eigenvalue weighted by molar-refractivity contribution is -0.597. The molecular weight excluding hydrogens is 813 g/mol. The van der Waals surface area contributed by atoms with Crippen molar-refractivity contribution < 1.29 is 63.6 Å². The smallest absolute Gasteiger partial charge is 0.0619 e. The SMILES string of the molecule is c1ccc([I+]c2ccccc2)cc1.c1ccc([I+]c2ccccc2)cc1.c1ccc([I+]c2ccccc2)cc1. The Kier molecular flexibility index (Phi) is 13.6. The highest BCUT2D eigenvalue weighted by Gasteiger charge is 2.14. The van der Waals surface area contributed by atoms with Gasteiger partial charge in [0.2, 0.25) is 0 Å². The van der Waals surface area contributed by atoms with Crippen molar-refractivity contribution in [2.75, 3.05) is 0 Å². The van der Waals surface area contributed by atoms with Crippen LogP contribution in [-0.2, 0) is 0 Å². The fourth-order valence-electron chi connectivity index (χ4n) is 3.24.